The monoisotopic (exact) mass is 563 g/mol. The van der Waals surface area contributed by atoms with Crippen LogP contribution in [0.15, 0.2) is 5.16 Å². The van der Waals surface area contributed by atoms with Gasteiger partial charge in [0.25, 0.3) is 8.32 Å². The van der Waals surface area contributed by atoms with E-state index in [0.717, 1.165) is 31.1 Å². The van der Waals surface area contributed by atoms with Crippen molar-refractivity contribution in [3.8, 4) is 0 Å². The molecule has 38 heavy (non-hydrogen) atoms. The number of hydrogen-bond acceptors (Lipinski definition) is 5. The maximum atomic E-state index is 11.9. The van der Waals surface area contributed by atoms with E-state index in [-0.39, 0.29) is 5.97 Å². The zero-order chi connectivity index (χ0) is 28.1. The summed E-state index contributed by atoms with van der Waals surface area (Å²) < 4.78 is 18.1. The quantitative estimate of drug-likeness (QED) is 0.169. The first-order valence-electron chi connectivity index (χ1n) is 15.6. The van der Waals surface area contributed by atoms with Gasteiger partial charge >= 0.3 is 5.97 Å². The minimum atomic E-state index is -1.70. The molecular weight excluding hydrogens is 507 g/mol. The minimum absolute atomic E-state index is 0.0643. The lowest BCUT2D eigenvalue weighted by Crippen LogP contribution is -2.60. The number of fused-ring (bicyclic) bond motifs is 5. The van der Waals surface area contributed by atoms with Crippen LogP contribution < -0.4 is 0 Å². The summed E-state index contributed by atoms with van der Waals surface area (Å²) >= 11 is 0. The van der Waals surface area contributed by atoms with Gasteiger partial charge in [0.1, 0.15) is 0 Å². The third-order valence-electron chi connectivity index (χ3n) is 11.2. The van der Waals surface area contributed by atoms with Crippen LogP contribution >= 0.6 is 0 Å². The molecule has 4 aliphatic carbocycles. The highest BCUT2D eigenvalue weighted by Gasteiger charge is 2.63. The molecule has 4 fully saturated rings. The van der Waals surface area contributed by atoms with Gasteiger partial charge in [-0.15, -0.1) is 5.16 Å². The normalized spacial score (nSPS) is 41.2. The average molecular weight is 564 g/mol. The third kappa shape index (κ3) is 6.14. The molecule has 0 radical (unpaired) electrons. The highest BCUT2D eigenvalue weighted by molar-refractivity contribution is 6.70. The smallest absolute Gasteiger partial charge is 0.305 e. The zero-order valence-corrected chi connectivity index (χ0v) is 28.2. The largest absolute Gasteiger partial charge is 0.469 e. The second-order valence-corrected chi connectivity index (χ2v) is 24.8. The summed E-state index contributed by atoms with van der Waals surface area (Å²) in [7, 11) is -1.85. The van der Waals surface area contributed by atoms with Gasteiger partial charge in [-0.25, -0.2) is 0 Å². The molecule has 0 aromatic heterocycles. The van der Waals surface area contributed by atoms with E-state index in [9.17, 15) is 4.79 Å². The second-order valence-electron chi connectivity index (χ2n) is 15.9. The number of ether oxygens (including phenoxy) is 1. The number of hydrogen-bond donors (Lipinski definition) is 0. The lowest BCUT2D eigenvalue weighted by Gasteiger charge is -2.63. The second kappa shape index (κ2) is 11.0. The van der Waals surface area contributed by atoms with Crippen LogP contribution in [0.1, 0.15) is 85.0 Å². The van der Waals surface area contributed by atoms with Gasteiger partial charge in [-0.2, -0.15) is 0 Å². The van der Waals surface area contributed by atoms with Gasteiger partial charge in [-0.05, 0) is 143 Å². The van der Waals surface area contributed by atoms with E-state index in [1.165, 1.54) is 51.3 Å². The number of esters is 1. The molecule has 5 nitrogen and oxygen atoms in total. The number of nitrogens with zero attached hydrogens (tertiary/aromatic N) is 1. The molecule has 0 aromatic rings. The molecule has 0 bridgehead atoms. The minimum Gasteiger partial charge on any atom is -0.469 e. The number of methoxy groups -OCH3 is 1. The topological polar surface area (TPSA) is 57.1 Å². The average Bonchev–Trinajstić information content (AvgIpc) is 3.17. The van der Waals surface area contributed by atoms with Gasteiger partial charge in [0.15, 0.2) is 8.32 Å². The Hall–Kier alpha value is -0.666. The van der Waals surface area contributed by atoms with E-state index in [4.69, 9.17) is 18.8 Å². The Kier molecular flexibility index (Phi) is 8.74. The van der Waals surface area contributed by atoms with Crippen LogP contribution in [0.4, 0.5) is 0 Å². The first kappa shape index (κ1) is 30.3. The number of carbonyl (C=O) groups excluding carboxylic acids is 1. The van der Waals surface area contributed by atoms with E-state index in [1.54, 1.807) is 0 Å². The van der Waals surface area contributed by atoms with Crippen LogP contribution in [0.5, 0.6) is 0 Å². The molecule has 0 aromatic carbocycles. The van der Waals surface area contributed by atoms with Crippen molar-refractivity contribution < 1.29 is 18.5 Å². The molecule has 7 heteroatoms. The highest BCUT2D eigenvalue weighted by Crippen LogP contribution is 2.68. The molecule has 7 unspecified atom stereocenters. The van der Waals surface area contributed by atoms with Crippen molar-refractivity contribution in [3.05, 3.63) is 0 Å². The number of rotatable bonds is 8. The lowest BCUT2D eigenvalue weighted by atomic mass is 9.43. The molecule has 0 heterocycles. The Morgan fingerprint density at radius 1 is 1.00 bits per heavy atom. The Bertz CT molecular complexity index is 895. The summed E-state index contributed by atoms with van der Waals surface area (Å²) in [6, 6.07) is 0. The number of oxime groups is 1. The van der Waals surface area contributed by atoms with Crippen molar-refractivity contribution in [1.29, 1.82) is 0 Å². The van der Waals surface area contributed by atoms with Crippen LogP contribution in [0.3, 0.4) is 0 Å². The molecule has 0 aliphatic heterocycles. The Labute approximate surface area is 235 Å². The first-order chi connectivity index (χ1) is 17.6. The van der Waals surface area contributed by atoms with Crippen molar-refractivity contribution in [2.45, 2.75) is 130 Å². The SMILES string of the molecule is COC(=O)CCC(C)C1CCC2C3C(CCC12C)C1(C)CC/C(=N/O[Si](C)(C)C)C[C@H]1C[C@H]3O[Si](C)(C)C. The zero-order valence-electron chi connectivity index (χ0n) is 26.2. The molecule has 9 atom stereocenters. The van der Waals surface area contributed by atoms with Crippen molar-refractivity contribution in [2.24, 2.45) is 51.5 Å². The van der Waals surface area contributed by atoms with E-state index in [0.29, 0.717) is 47.0 Å². The van der Waals surface area contributed by atoms with Crippen LogP contribution in [0.25, 0.3) is 0 Å². The van der Waals surface area contributed by atoms with Crippen molar-refractivity contribution in [3.63, 3.8) is 0 Å². The maximum Gasteiger partial charge on any atom is 0.305 e. The van der Waals surface area contributed by atoms with Gasteiger partial charge < -0.3 is 13.7 Å². The number of carbonyl (C=O) groups is 1. The summed E-state index contributed by atoms with van der Waals surface area (Å²) in [4.78, 5) is 11.9. The highest BCUT2D eigenvalue weighted by atomic mass is 28.4. The van der Waals surface area contributed by atoms with Gasteiger partial charge in [-0.1, -0.05) is 20.8 Å². The summed E-state index contributed by atoms with van der Waals surface area (Å²) in [5.74, 6) is 3.97. The van der Waals surface area contributed by atoms with Crippen molar-refractivity contribution in [1.82, 2.24) is 0 Å². The van der Waals surface area contributed by atoms with Crippen molar-refractivity contribution >= 4 is 28.3 Å². The standard InChI is InChI=1S/C31H57NO4Si2/c1-21(11-14-28(33)34-4)24-12-13-25-29-26(16-18-31(24,25)3)30(2)17-15-23(32-36-38(8,9)10)19-22(30)20-27(29)35-37(5,6)7/h21-22,24-27,29H,11-20H2,1-10H3/b32-23-/t21?,22-,24?,25?,26?,27+,29?,30?,31?/m0/s1. The Morgan fingerprint density at radius 2 is 1.68 bits per heavy atom. The van der Waals surface area contributed by atoms with Crippen molar-refractivity contribution in [2.75, 3.05) is 7.11 Å². The van der Waals surface area contributed by atoms with E-state index < -0.39 is 16.6 Å². The predicted molar refractivity (Wildman–Crippen MR) is 161 cm³/mol. The Morgan fingerprint density at radius 3 is 2.32 bits per heavy atom. The molecule has 0 N–H and O–H groups in total. The third-order valence-corrected chi connectivity index (χ3v) is 12.9. The fourth-order valence-corrected chi connectivity index (χ4v) is 11.1. The summed E-state index contributed by atoms with van der Waals surface area (Å²) in [5.41, 5.74) is 2.02. The van der Waals surface area contributed by atoms with Crippen LogP contribution in [-0.4, -0.2) is 41.5 Å². The molecule has 0 amide bonds. The lowest BCUT2D eigenvalue weighted by molar-refractivity contribution is -0.153. The molecule has 4 rings (SSSR count). The van der Waals surface area contributed by atoms with E-state index in [2.05, 4.69) is 60.1 Å². The van der Waals surface area contributed by atoms with E-state index in [1.807, 2.05) is 0 Å². The van der Waals surface area contributed by atoms with E-state index >= 15 is 0 Å². The molecule has 4 aliphatic rings. The molecule has 218 valence electrons. The van der Waals surface area contributed by atoms with Crippen LogP contribution in [0, 0.1) is 46.3 Å². The van der Waals surface area contributed by atoms with Gasteiger partial charge in [0, 0.05) is 12.5 Å². The molecule has 4 saturated carbocycles. The summed E-state index contributed by atoms with van der Waals surface area (Å²) in [6.07, 6.45) is 11.8. The first-order valence-corrected chi connectivity index (χ1v) is 22.4. The van der Waals surface area contributed by atoms with Gasteiger partial charge in [0.05, 0.1) is 12.8 Å². The maximum absolute atomic E-state index is 11.9. The molecule has 0 saturated heterocycles. The predicted octanol–water partition coefficient (Wildman–Crippen LogP) is 8.27. The Balaban J connectivity index is 1.59. The molecular formula is C31H57NO4Si2. The van der Waals surface area contributed by atoms with Crippen LogP contribution in [-0.2, 0) is 18.5 Å². The summed E-state index contributed by atoms with van der Waals surface area (Å²) in [5, 5.41) is 4.72. The van der Waals surface area contributed by atoms with Crippen LogP contribution in [0.2, 0.25) is 39.3 Å². The molecule has 0 spiro atoms. The fourth-order valence-electron chi connectivity index (χ4n) is 9.49. The summed E-state index contributed by atoms with van der Waals surface area (Å²) in [6.45, 7) is 21.4. The fraction of sp³-hybridized carbons (Fsp3) is 0.935. The van der Waals surface area contributed by atoms with Gasteiger partial charge in [0.2, 0.25) is 0 Å². The van der Waals surface area contributed by atoms with Gasteiger partial charge in [-0.3, -0.25) is 4.79 Å².